The Kier molecular flexibility index (Phi) is 4.04. The van der Waals surface area contributed by atoms with Gasteiger partial charge in [0.1, 0.15) is 0 Å². The molecule has 0 aliphatic carbocycles. The van der Waals surface area contributed by atoms with Crippen molar-refractivity contribution in [1.82, 2.24) is 25.5 Å². The lowest BCUT2D eigenvalue weighted by atomic mass is 10.1. The van der Waals surface area contributed by atoms with Crippen LogP contribution in [0, 0.1) is 5.92 Å². The number of hydrogen-bond donors (Lipinski definition) is 1. The van der Waals surface area contributed by atoms with Crippen LogP contribution >= 0.6 is 0 Å². The van der Waals surface area contributed by atoms with Crippen molar-refractivity contribution in [2.24, 2.45) is 5.92 Å². The predicted octanol–water partition coefficient (Wildman–Crippen LogP) is 1.80. The van der Waals surface area contributed by atoms with E-state index in [1.165, 1.54) is 0 Å². The minimum absolute atomic E-state index is 0.436. The van der Waals surface area contributed by atoms with Gasteiger partial charge in [0, 0.05) is 6.04 Å². The number of benzene rings is 1. The molecule has 0 amide bonds. The van der Waals surface area contributed by atoms with Crippen LogP contribution in [-0.2, 0) is 6.54 Å². The highest BCUT2D eigenvalue weighted by Gasteiger charge is 2.11. The maximum atomic E-state index is 4.06. The number of nitrogens with one attached hydrogen (secondary N) is 1. The molecule has 0 radical (unpaired) electrons. The van der Waals surface area contributed by atoms with Crippen LogP contribution in [0.2, 0.25) is 0 Å². The van der Waals surface area contributed by atoms with E-state index in [-0.39, 0.29) is 0 Å². The van der Waals surface area contributed by atoms with Gasteiger partial charge in [-0.1, -0.05) is 32.0 Å². The Balaban J connectivity index is 2.09. The molecule has 5 nitrogen and oxygen atoms in total. The van der Waals surface area contributed by atoms with Crippen LogP contribution in [0.3, 0.4) is 0 Å². The summed E-state index contributed by atoms with van der Waals surface area (Å²) in [5.41, 5.74) is 0.983. The minimum atomic E-state index is 0.436. The number of aromatic nitrogens is 4. The largest absolute Gasteiger partial charge is 0.307 e. The van der Waals surface area contributed by atoms with Crippen molar-refractivity contribution in [3.8, 4) is 5.69 Å². The molecule has 0 saturated carbocycles. The SMILES string of the molecule is CC(C)C(C)NCc1nnnn1-c1ccccc1. The first kappa shape index (κ1) is 12.7. The third-order valence-electron chi connectivity index (χ3n) is 3.12. The smallest absolute Gasteiger partial charge is 0.170 e. The molecule has 2 rings (SSSR count). The zero-order chi connectivity index (χ0) is 13.0. The molecule has 1 heterocycles. The molecule has 1 aromatic carbocycles. The van der Waals surface area contributed by atoms with Gasteiger partial charge < -0.3 is 5.32 Å². The zero-order valence-corrected chi connectivity index (χ0v) is 11.0. The van der Waals surface area contributed by atoms with Crippen LogP contribution in [0.25, 0.3) is 5.69 Å². The van der Waals surface area contributed by atoms with Gasteiger partial charge in [0.2, 0.25) is 0 Å². The van der Waals surface area contributed by atoms with Gasteiger partial charge in [-0.05, 0) is 35.4 Å². The molecule has 0 bridgehead atoms. The molecule has 0 saturated heterocycles. The van der Waals surface area contributed by atoms with Gasteiger partial charge in [-0.2, -0.15) is 4.68 Å². The highest BCUT2D eigenvalue weighted by Crippen LogP contribution is 2.07. The second kappa shape index (κ2) is 5.73. The highest BCUT2D eigenvalue weighted by atomic mass is 15.5. The summed E-state index contributed by atoms with van der Waals surface area (Å²) in [5.74, 6) is 1.42. The fraction of sp³-hybridized carbons (Fsp3) is 0.462. The van der Waals surface area contributed by atoms with E-state index in [9.17, 15) is 0 Å². The van der Waals surface area contributed by atoms with E-state index in [1.54, 1.807) is 4.68 Å². The fourth-order valence-electron chi connectivity index (χ4n) is 1.57. The Morgan fingerprint density at radius 2 is 1.89 bits per heavy atom. The first-order valence-corrected chi connectivity index (χ1v) is 6.24. The number of rotatable bonds is 5. The van der Waals surface area contributed by atoms with Gasteiger partial charge in [0.25, 0.3) is 0 Å². The molecule has 96 valence electrons. The predicted molar refractivity (Wildman–Crippen MR) is 70.3 cm³/mol. The average Bonchev–Trinajstić information content (AvgIpc) is 2.85. The zero-order valence-electron chi connectivity index (χ0n) is 11.0. The summed E-state index contributed by atoms with van der Waals surface area (Å²) in [6.07, 6.45) is 0. The molecule has 1 unspecified atom stereocenters. The maximum Gasteiger partial charge on any atom is 0.170 e. The second-order valence-corrected chi connectivity index (χ2v) is 4.76. The average molecular weight is 245 g/mol. The normalized spacial score (nSPS) is 12.9. The third-order valence-corrected chi connectivity index (χ3v) is 3.12. The van der Waals surface area contributed by atoms with Gasteiger partial charge in [-0.15, -0.1) is 5.10 Å². The van der Waals surface area contributed by atoms with Crippen molar-refractivity contribution < 1.29 is 0 Å². The van der Waals surface area contributed by atoms with E-state index in [1.807, 2.05) is 30.3 Å². The summed E-state index contributed by atoms with van der Waals surface area (Å²) in [5, 5.41) is 15.3. The third kappa shape index (κ3) is 2.92. The molecule has 2 aromatic rings. The Morgan fingerprint density at radius 1 is 1.17 bits per heavy atom. The van der Waals surface area contributed by atoms with Gasteiger partial charge >= 0.3 is 0 Å². The van der Waals surface area contributed by atoms with Gasteiger partial charge in [0.15, 0.2) is 5.82 Å². The van der Waals surface area contributed by atoms with Crippen LogP contribution in [0.4, 0.5) is 0 Å². The Labute approximate surface area is 107 Å². The van der Waals surface area contributed by atoms with E-state index < -0.39 is 0 Å². The van der Waals surface area contributed by atoms with E-state index in [4.69, 9.17) is 0 Å². The van der Waals surface area contributed by atoms with Crippen molar-refractivity contribution in [2.45, 2.75) is 33.4 Å². The summed E-state index contributed by atoms with van der Waals surface area (Å²) in [7, 11) is 0. The molecule has 1 aromatic heterocycles. The summed E-state index contributed by atoms with van der Waals surface area (Å²) < 4.78 is 1.76. The van der Waals surface area contributed by atoms with E-state index in [0.717, 1.165) is 11.5 Å². The van der Waals surface area contributed by atoms with Crippen LogP contribution in [-0.4, -0.2) is 26.2 Å². The fourth-order valence-corrected chi connectivity index (χ4v) is 1.57. The van der Waals surface area contributed by atoms with Crippen molar-refractivity contribution >= 4 is 0 Å². The van der Waals surface area contributed by atoms with Crippen molar-refractivity contribution in [3.63, 3.8) is 0 Å². The summed E-state index contributed by atoms with van der Waals surface area (Å²) in [4.78, 5) is 0. The summed E-state index contributed by atoms with van der Waals surface area (Å²) >= 11 is 0. The Bertz CT molecular complexity index is 477. The number of para-hydroxylation sites is 1. The summed E-state index contributed by atoms with van der Waals surface area (Å²) in [6, 6.07) is 10.4. The molecule has 5 heteroatoms. The molecule has 0 aliphatic rings. The second-order valence-electron chi connectivity index (χ2n) is 4.76. The van der Waals surface area contributed by atoms with Gasteiger partial charge in [-0.25, -0.2) is 0 Å². The number of hydrogen-bond acceptors (Lipinski definition) is 4. The molecule has 1 N–H and O–H groups in total. The van der Waals surface area contributed by atoms with Crippen LogP contribution in [0.15, 0.2) is 30.3 Å². The molecule has 18 heavy (non-hydrogen) atoms. The highest BCUT2D eigenvalue weighted by molar-refractivity contribution is 5.30. The molecular weight excluding hydrogens is 226 g/mol. The molecule has 0 spiro atoms. The quantitative estimate of drug-likeness (QED) is 0.872. The molecular formula is C13H19N5. The van der Waals surface area contributed by atoms with Crippen molar-refractivity contribution in [1.29, 1.82) is 0 Å². The van der Waals surface area contributed by atoms with Crippen LogP contribution < -0.4 is 5.32 Å². The van der Waals surface area contributed by atoms with Crippen molar-refractivity contribution in [2.75, 3.05) is 0 Å². The standard InChI is InChI=1S/C13H19N5/c1-10(2)11(3)14-9-13-15-16-17-18(13)12-7-5-4-6-8-12/h4-8,10-11,14H,9H2,1-3H3. The van der Waals surface area contributed by atoms with E-state index in [0.29, 0.717) is 18.5 Å². The molecule has 1 atom stereocenters. The lowest BCUT2D eigenvalue weighted by molar-refractivity contribution is 0.419. The Morgan fingerprint density at radius 3 is 2.56 bits per heavy atom. The maximum absolute atomic E-state index is 4.06. The van der Waals surface area contributed by atoms with Crippen LogP contribution in [0.1, 0.15) is 26.6 Å². The summed E-state index contributed by atoms with van der Waals surface area (Å²) in [6.45, 7) is 7.22. The van der Waals surface area contributed by atoms with Gasteiger partial charge in [-0.3, -0.25) is 0 Å². The number of nitrogens with zero attached hydrogens (tertiary/aromatic N) is 4. The van der Waals surface area contributed by atoms with E-state index in [2.05, 4.69) is 41.6 Å². The monoisotopic (exact) mass is 245 g/mol. The van der Waals surface area contributed by atoms with Crippen LogP contribution in [0.5, 0.6) is 0 Å². The number of tetrazole rings is 1. The van der Waals surface area contributed by atoms with Gasteiger partial charge in [0.05, 0.1) is 12.2 Å². The van der Waals surface area contributed by atoms with Crippen molar-refractivity contribution in [3.05, 3.63) is 36.2 Å². The lowest BCUT2D eigenvalue weighted by Crippen LogP contribution is -2.31. The molecule has 0 fully saturated rings. The minimum Gasteiger partial charge on any atom is -0.307 e. The van der Waals surface area contributed by atoms with E-state index >= 15 is 0 Å². The first-order valence-electron chi connectivity index (χ1n) is 6.24. The Hall–Kier alpha value is -1.75. The first-order chi connectivity index (χ1) is 8.68. The lowest BCUT2D eigenvalue weighted by Gasteiger charge is -2.16. The topological polar surface area (TPSA) is 55.6 Å². The molecule has 0 aliphatic heterocycles.